The molecule has 4 aromatic rings. The number of carbonyl (C=O) groups excluding carboxylic acids is 1. The summed E-state index contributed by atoms with van der Waals surface area (Å²) < 4.78 is 55.1. The van der Waals surface area contributed by atoms with Gasteiger partial charge in [0.15, 0.2) is 14.9 Å². The number of amides is 1. The van der Waals surface area contributed by atoms with Crippen molar-refractivity contribution >= 4 is 49.9 Å². The maximum Gasteiger partial charge on any atom is 0.345 e. The summed E-state index contributed by atoms with van der Waals surface area (Å²) in [7, 11) is -3.41. The van der Waals surface area contributed by atoms with E-state index in [1.54, 1.807) is 4.90 Å². The summed E-state index contributed by atoms with van der Waals surface area (Å²) in [6, 6.07) is 8.41. The van der Waals surface area contributed by atoms with Gasteiger partial charge in [0.2, 0.25) is 5.88 Å². The van der Waals surface area contributed by atoms with Crippen LogP contribution in [0.5, 0.6) is 5.88 Å². The summed E-state index contributed by atoms with van der Waals surface area (Å²) in [6.45, 7) is 20.4. The topological polar surface area (TPSA) is 99.3 Å². The van der Waals surface area contributed by atoms with Crippen LogP contribution in [0.2, 0.25) is 43.8 Å². The summed E-state index contributed by atoms with van der Waals surface area (Å²) in [4.78, 5) is 34.7. The number of anilines is 1. The first kappa shape index (κ1) is 39.3. The van der Waals surface area contributed by atoms with Crippen LogP contribution in [-0.2, 0) is 27.2 Å². The van der Waals surface area contributed by atoms with E-state index in [-0.39, 0.29) is 42.2 Å². The first-order chi connectivity index (χ1) is 24.9. The lowest BCUT2D eigenvalue weighted by Crippen LogP contribution is -2.50. The second-order valence-electron chi connectivity index (χ2n) is 17.3. The number of fused-ring (bicyclic) bond motifs is 4. The number of pyridine rings is 1. The van der Waals surface area contributed by atoms with Crippen molar-refractivity contribution in [3.63, 3.8) is 0 Å². The maximum atomic E-state index is 14.7. The Hall–Kier alpha value is -3.44. The molecule has 0 bridgehead atoms. The van der Waals surface area contributed by atoms with E-state index in [1.807, 2.05) is 10.6 Å². The van der Waals surface area contributed by atoms with Crippen molar-refractivity contribution in [2.75, 3.05) is 31.3 Å². The van der Waals surface area contributed by atoms with Crippen LogP contribution in [0.1, 0.15) is 52.1 Å². The van der Waals surface area contributed by atoms with E-state index in [4.69, 9.17) is 18.3 Å². The van der Waals surface area contributed by atoms with Crippen molar-refractivity contribution in [2.24, 2.45) is 0 Å². The van der Waals surface area contributed by atoms with Gasteiger partial charge in [0.1, 0.15) is 29.6 Å². The Labute approximate surface area is 312 Å². The Kier molecular flexibility index (Phi) is 11.4. The number of rotatable bonds is 13. The van der Waals surface area contributed by atoms with Gasteiger partial charge in [0.25, 0.3) is 5.91 Å². The zero-order chi connectivity index (χ0) is 38.3. The lowest BCUT2D eigenvalue weighted by molar-refractivity contribution is -0.122. The second kappa shape index (κ2) is 15.4. The summed E-state index contributed by atoms with van der Waals surface area (Å²) in [6.07, 6.45) is 4.10. The van der Waals surface area contributed by atoms with E-state index in [1.165, 1.54) is 24.3 Å². The van der Waals surface area contributed by atoms with Crippen molar-refractivity contribution in [3.8, 4) is 5.88 Å². The maximum absolute atomic E-state index is 14.7. The van der Waals surface area contributed by atoms with E-state index in [9.17, 15) is 18.4 Å². The Morgan fingerprint density at radius 3 is 2.40 bits per heavy atom. The number of carbonyl (C=O) groups is 1. The van der Waals surface area contributed by atoms with Crippen LogP contribution in [0.15, 0.2) is 45.7 Å². The normalized spacial score (nSPS) is 18.6. The quantitative estimate of drug-likeness (QED) is 0.0762. The number of aromatic nitrogens is 2. The average molecular weight is 769 g/mol. The number of hydrogen-bond donors (Lipinski definition) is 0. The number of benzene rings is 1. The molecule has 0 atom stereocenters. The predicted octanol–water partition coefficient (Wildman–Crippen LogP) is 8.29. The van der Waals surface area contributed by atoms with Crippen LogP contribution in [-0.4, -0.2) is 75.2 Å². The third-order valence-electron chi connectivity index (χ3n) is 11.2. The minimum atomic E-state index is -2.04. The summed E-state index contributed by atoms with van der Waals surface area (Å²) >= 11 is 0. The zero-order valence-electron chi connectivity index (χ0n) is 32.4. The lowest BCUT2D eigenvalue weighted by atomic mass is 9.88. The van der Waals surface area contributed by atoms with Crippen LogP contribution < -0.4 is 15.3 Å². The van der Waals surface area contributed by atoms with Crippen molar-refractivity contribution in [2.45, 2.75) is 116 Å². The summed E-state index contributed by atoms with van der Waals surface area (Å²) in [5.41, 5.74) is 1.70. The molecule has 4 heterocycles. The van der Waals surface area contributed by atoms with Gasteiger partial charge in [-0.25, -0.2) is 18.6 Å². The van der Waals surface area contributed by atoms with E-state index in [0.717, 1.165) is 30.8 Å². The van der Waals surface area contributed by atoms with Crippen molar-refractivity contribution < 1.29 is 31.9 Å². The molecule has 1 aliphatic carbocycles. The molecule has 0 saturated heterocycles. The highest BCUT2D eigenvalue weighted by Gasteiger charge is 2.39. The molecule has 0 unspecified atom stereocenters. The third-order valence-corrected chi connectivity index (χ3v) is 17.5. The molecule has 1 aromatic carbocycles. The van der Waals surface area contributed by atoms with E-state index >= 15 is 0 Å². The lowest BCUT2D eigenvalue weighted by Gasteiger charge is -2.42. The van der Waals surface area contributed by atoms with Crippen molar-refractivity contribution in [1.82, 2.24) is 14.5 Å². The molecule has 1 saturated carbocycles. The van der Waals surface area contributed by atoms with Gasteiger partial charge in [0, 0.05) is 63.6 Å². The molecule has 10 nitrogen and oxygen atoms in total. The van der Waals surface area contributed by atoms with Gasteiger partial charge in [-0.3, -0.25) is 9.69 Å². The molecule has 14 heteroatoms. The molecule has 3 aromatic heterocycles. The average Bonchev–Trinajstić information content (AvgIpc) is 3.44. The molecule has 2 aliphatic rings. The molecule has 0 spiro atoms. The molecule has 1 amide bonds. The highest BCUT2D eigenvalue weighted by Crippen LogP contribution is 2.39. The van der Waals surface area contributed by atoms with Gasteiger partial charge in [0.05, 0.1) is 17.1 Å². The third kappa shape index (κ3) is 8.77. The van der Waals surface area contributed by atoms with E-state index in [2.05, 4.69) is 63.4 Å². The number of halogens is 2. The molecule has 6 rings (SSSR count). The van der Waals surface area contributed by atoms with Gasteiger partial charge in [-0.15, -0.1) is 0 Å². The number of hydrogen-bond acceptors (Lipinski definition) is 8. The van der Waals surface area contributed by atoms with Crippen LogP contribution in [0.4, 0.5) is 14.5 Å². The molecule has 53 heavy (non-hydrogen) atoms. The van der Waals surface area contributed by atoms with Gasteiger partial charge < -0.3 is 27.8 Å². The Morgan fingerprint density at radius 1 is 0.962 bits per heavy atom. The predicted molar refractivity (Wildman–Crippen MR) is 209 cm³/mol. The summed E-state index contributed by atoms with van der Waals surface area (Å²) in [5.74, 6) is -0.857. The van der Waals surface area contributed by atoms with Crippen molar-refractivity contribution in [3.05, 3.63) is 64.3 Å². The van der Waals surface area contributed by atoms with E-state index in [0.29, 0.717) is 66.7 Å². The SMILES string of the molecule is CC(C)(C)[Si](C)(C)OCCN(Cc1cc2c(=O)oc3ccc(F)cc3c2n1COCC[Si](C)(C)C)C1CCC(N2C(=O)COc3ncc(F)cc32)CC1. The molecule has 288 valence electrons. The number of nitrogens with zero attached hydrogens (tertiary/aromatic N) is 4. The Bertz CT molecular complexity index is 2010. The van der Waals surface area contributed by atoms with Crippen molar-refractivity contribution in [1.29, 1.82) is 0 Å². The van der Waals surface area contributed by atoms with Gasteiger partial charge >= 0.3 is 5.63 Å². The first-order valence-corrected chi connectivity index (χ1v) is 25.3. The fourth-order valence-electron chi connectivity index (χ4n) is 7.14. The standard InChI is InChI=1S/C39H54F2N4O6Si2/c1-39(2,3)53(7,8)50-16-15-43(28-10-12-29(13-11-28)45-33-20-27(41)22-42-37(33)49-24-35(45)46)23-30-21-32-36(44(30)25-48-17-18-52(4,5)6)31-19-26(40)9-14-34(31)51-38(32)47/h9,14,19-22,28-29H,10-13,15-18,23-25H2,1-8H3. The van der Waals surface area contributed by atoms with Gasteiger partial charge in [-0.05, 0) is 74.1 Å². The minimum Gasteiger partial charge on any atom is -0.466 e. The highest BCUT2D eigenvalue weighted by molar-refractivity contribution is 6.76. The molecular formula is C39H54F2N4O6Si2. The van der Waals surface area contributed by atoms with Crippen LogP contribution in [0, 0.1) is 11.6 Å². The minimum absolute atomic E-state index is 0.0508. The molecular weight excluding hydrogens is 715 g/mol. The fraction of sp³-hybridized carbons (Fsp3) is 0.564. The van der Waals surface area contributed by atoms with E-state index < -0.39 is 33.7 Å². The first-order valence-electron chi connectivity index (χ1n) is 18.7. The molecule has 1 aliphatic heterocycles. The summed E-state index contributed by atoms with van der Waals surface area (Å²) in [5, 5.41) is 0.961. The highest BCUT2D eigenvalue weighted by atomic mass is 28.4. The molecule has 0 radical (unpaired) electrons. The van der Waals surface area contributed by atoms with Gasteiger partial charge in [-0.2, -0.15) is 0 Å². The zero-order valence-corrected chi connectivity index (χ0v) is 34.4. The monoisotopic (exact) mass is 768 g/mol. The largest absolute Gasteiger partial charge is 0.466 e. The van der Waals surface area contributed by atoms with Gasteiger partial charge in [-0.1, -0.05) is 40.4 Å². The Balaban J connectivity index is 1.31. The fourth-order valence-corrected chi connectivity index (χ4v) is 8.93. The molecule has 0 N–H and O–H groups in total. The second-order valence-corrected chi connectivity index (χ2v) is 27.7. The van der Waals surface area contributed by atoms with Crippen LogP contribution in [0.25, 0.3) is 21.9 Å². The van der Waals surface area contributed by atoms with Crippen LogP contribution >= 0.6 is 0 Å². The number of ether oxygens (including phenoxy) is 2. The van der Waals surface area contributed by atoms with Crippen LogP contribution in [0.3, 0.4) is 0 Å². The Morgan fingerprint density at radius 2 is 1.70 bits per heavy atom. The molecule has 1 fully saturated rings. The smallest absolute Gasteiger partial charge is 0.345 e.